The fraction of sp³-hybridized carbons (Fsp3) is 0.143. The van der Waals surface area contributed by atoms with Gasteiger partial charge in [-0.2, -0.15) is 0 Å². The van der Waals surface area contributed by atoms with Crippen LogP contribution in [0.4, 0.5) is 5.69 Å². The van der Waals surface area contributed by atoms with Crippen molar-refractivity contribution in [2.45, 2.75) is 6.92 Å². The molecular formula is C14H13NO5. The lowest BCUT2D eigenvalue weighted by molar-refractivity contribution is -0.139. The Morgan fingerprint density at radius 2 is 2.15 bits per heavy atom. The van der Waals surface area contributed by atoms with Gasteiger partial charge in [-0.3, -0.25) is 4.79 Å². The third kappa shape index (κ3) is 3.61. The maximum Gasteiger partial charge on any atom is 0.341 e. The molecule has 0 saturated carbocycles. The molecule has 20 heavy (non-hydrogen) atoms. The standard InChI is InChI=1S/C14H13NO5/c1-9-5-10(7-19-9)14(18)15-11-3-2-4-12(6-11)20-8-13(16)17/h2-7H,8H2,1H3,(H,15,18)(H,16,17). The summed E-state index contributed by atoms with van der Waals surface area (Å²) in [5, 5.41) is 11.2. The zero-order valence-electron chi connectivity index (χ0n) is 10.8. The van der Waals surface area contributed by atoms with Crippen LogP contribution in [0.3, 0.4) is 0 Å². The minimum atomic E-state index is -1.06. The molecule has 2 rings (SSSR count). The molecule has 1 heterocycles. The number of hydrogen-bond acceptors (Lipinski definition) is 4. The SMILES string of the molecule is Cc1cc(C(=O)Nc2cccc(OCC(=O)O)c2)co1. The first-order valence-electron chi connectivity index (χ1n) is 5.86. The fourth-order valence-electron chi connectivity index (χ4n) is 1.57. The Morgan fingerprint density at radius 3 is 2.80 bits per heavy atom. The second-order valence-electron chi connectivity index (χ2n) is 4.11. The fourth-order valence-corrected chi connectivity index (χ4v) is 1.57. The summed E-state index contributed by atoms with van der Waals surface area (Å²) in [6.45, 7) is 1.31. The van der Waals surface area contributed by atoms with Gasteiger partial charge in [0.05, 0.1) is 5.56 Å². The highest BCUT2D eigenvalue weighted by atomic mass is 16.5. The second kappa shape index (κ2) is 5.92. The van der Waals surface area contributed by atoms with Crippen LogP contribution in [-0.2, 0) is 4.79 Å². The van der Waals surface area contributed by atoms with Gasteiger partial charge in [0.2, 0.25) is 0 Å². The number of nitrogens with one attached hydrogen (secondary N) is 1. The van der Waals surface area contributed by atoms with E-state index in [1.165, 1.54) is 6.26 Å². The van der Waals surface area contributed by atoms with E-state index in [4.69, 9.17) is 14.3 Å². The van der Waals surface area contributed by atoms with E-state index in [-0.39, 0.29) is 5.91 Å². The highest BCUT2D eigenvalue weighted by molar-refractivity contribution is 6.04. The van der Waals surface area contributed by atoms with Gasteiger partial charge in [0.15, 0.2) is 6.61 Å². The van der Waals surface area contributed by atoms with Crippen molar-refractivity contribution in [2.24, 2.45) is 0 Å². The van der Waals surface area contributed by atoms with E-state index in [9.17, 15) is 9.59 Å². The van der Waals surface area contributed by atoms with Crippen molar-refractivity contribution in [1.29, 1.82) is 0 Å². The number of benzene rings is 1. The van der Waals surface area contributed by atoms with Crippen molar-refractivity contribution in [2.75, 3.05) is 11.9 Å². The van der Waals surface area contributed by atoms with Gasteiger partial charge >= 0.3 is 5.97 Å². The molecule has 2 N–H and O–H groups in total. The average Bonchev–Trinajstić information content (AvgIpc) is 2.84. The molecule has 0 saturated heterocycles. The Kier molecular flexibility index (Phi) is 4.05. The van der Waals surface area contributed by atoms with Gasteiger partial charge in [0, 0.05) is 11.8 Å². The van der Waals surface area contributed by atoms with Crippen molar-refractivity contribution in [3.8, 4) is 5.75 Å². The van der Waals surface area contributed by atoms with E-state index in [1.54, 1.807) is 37.3 Å². The van der Waals surface area contributed by atoms with Crippen LogP contribution < -0.4 is 10.1 Å². The van der Waals surface area contributed by atoms with Crippen LogP contribution in [0.15, 0.2) is 41.0 Å². The van der Waals surface area contributed by atoms with Crippen LogP contribution in [-0.4, -0.2) is 23.6 Å². The third-order valence-electron chi connectivity index (χ3n) is 2.45. The average molecular weight is 275 g/mol. The van der Waals surface area contributed by atoms with Gasteiger partial charge in [0.1, 0.15) is 17.8 Å². The molecular weight excluding hydrogens is 262 g/mol. The molecule has 104 valence electrons. The van der Waals surface area contributed by atoms with Crippen LogP contribution in [0.2, 0.25) is 0 Å². The van der Waals surface area contributed by atoms with E-state index >= 15 is 0 Å². The van der Waals surface area contributed by atoms with Crippen molar-refractivity contribution in [3.63, 3.8) is 0 Å². The molecule has 0 fully saturated rings. The smallest absolute Gasteiger partial charge is 0.341 e. The first-order chi connectivity index (χ1) is 9.54. The maximum atomic E-state index is 11.9. The highest BCUT2D eigenvalue weighted by Crippen LogP contribution is 2.18. The van der Waals surface area contributed by atoms with Crippen LogP contribution in [0.25, 0.3) is 0 Å². The molecule has 0 radical (unpaired) electrons. The monoisotopic (exact) mass is 275 g/mol. The Morgan fingerprint density at radius 1 is 1.35 bits per heavy atom. The Bertz CT molecular complexity index is 632. The number of carboxylic acids is 1. The molecule has 0 aliphatic carbocycles. The minimum absolute atomic E-state index is 0.308. The number of furan rings is 1. The van der Waals surface area contributed by atoms with Gasteiger partial charge in [-0.1, -0.05) is 6.07 Å². The van der Waals surface area contributed by atoms with Crippen LogP contribution >= 0.6 is 0 Å². The van der Waals surface area contributed by atoms with E-state index < -0.39 is 12.6 Å². The summed E-state index contributed by atoms with van der Waals surface area (Å²) in [5.74, 6) is -0.354. The molecule has 1 amide bonds. The summed E-state index contributed by atoms with van der Waals surface area (Å²) in [6.07, 6.45) is 1.37. The van der Waals surface area contributed by atoms with Crippen molar-refractivity contribution in [1.82, 2.24) is 0 Å². The topological polar surface area (TPSA) is 88.8 Å². The Hall–Kier alpha value is -2.76. The maximum absolute atomic E-state index is 11.9. The number of carbonyl (C=O) groups is 2. The van der Waals surface area contributed by atoms with E-state index in [0.29, 0.717) is 22.8 Å². The normalized spacial score (nSPS) is 10.1. The van der Waals surface area contributed by atoms with Crippen LogP contribution in [0, 0.1) is 6.92 Å². The van der Waals surface area contributed by atoms with E-state index in [2.05, 4.69) is 5.32 Å². The van der Waals surface area contributed by atoms with Crippen molar-refractivity contribution < 1.29 is 23.8 Å². The predicted octanol–water partition coefficient (Wildman–Crippen LogP) is 2.30. The number of rotatable bonds is 5. The third-order valence-corrected chi connectivity index (χ3v) is 2.45. The van der Waals surface area contributed by atoms with Gasteiger partial charge in [-0.25, -0.2) is 4.79 Å². The number of aliphatic carboxylic acids is 1. The quantitative estimate of drug-likeness (QED) is 0.874. The molecule has 1 aromatic carbocycles. The first-order valence-corrected chi connectivity index (χ1v) is 5.86. The molecule has 0 bridgehead atoms. The summed E-state index contributed by atoms with van der Waals surface area (Å²) < 4.78 is 10.1. The molecule has 6 heteroatoms. The summed E-state index contributed by atoms with van der Waals surface area (Å²) in [4.78, 5) is 22.3. The lowest BCUT2D eigenvalue weighted by atomic mass is 10.2. The first kappa shape index (κ1) is 13.7. The van der Waals surface area contributed by atoms with Gasteiger partial charge in [-0.15, -0.1) is 0 Å². The largest absolute Gasteiger partial charge is 0.482 e. The summed E-state index contributed by atoms with van der Waals surface area (Å²) in [6, 6.07) is 8.13. The number of amides is 1. The Balaban J connectivity index is 2.04. The molecule has 6 nitrogen and oxygen atoms in total. The molecule has 1 aromatic heterocycles. The van der Waals surface area contributed by atoms with Crippen LogP contribution in [0.5, 0.6) is 5.75 Å². The van der Waals surface area contributed by atoms with E-state index in [0.717, 1.165) is 0 Å². The Labute approximate surface area is 115 Å². The van der Waals surface area contributed by atoms with Gasteiger partial charge < -0.3 is 19.6 Å². The number of anilines is 1. The summed E-state index contributed by atoms with van der Waals surface area (Å²) in [7, 11) is 0. The van der Waals surface area contributed by atoms with Crippen molar-refractivity contribution >= 4 is 17.6 Å². The number of ether oxygens (including phenoxy) is 1. The molecule has 2 aromatic rings. The zero-order chi connectivity index (χ0) is 14.5. The highest BCUT2D eigenvalue weighted by Gasteiger charge is 2.09. The number of aryl methyl sites for hydroxylation is 1. The number of carboxylic acid groups (broad SMARTS) is 1. The predicted molar refractivity (Wildman–Crippen MR) is 71.0 cm³/mol. The summed E-state index contributed by atoms with van der Waals surface area (Å²) >= 11 is 0. The second-order valence-corrected chi connectivity index (χ2v) is 4.11. The molecule has 0 spiro atoms. The minimum Gasteiger partial charge on any atom is -0.482 e. The van der Waals surface area contributed by atoms with Gasteiger partial charge in [-0.05, 0) is 25.1 Å². The number of carbonyl (C=O) groups excluding carboxylic acids is 1. The lowest BCUT2D eigenvalue weighted by Crippen LogP contribution is -2.12. The van der Waals surface area contributed by atoms with E-state index in [1.807, 2.05) is 0 Å². The van der Waals surface area contributed by atoms with Gasteiger partial charge in [0.25, 0.3) is 5.91 Å². The zero-order valence-corrected chi connectivity index (χ0v) is 10.8. The molecule has 0 unspecified atom stereocenters. The summed E-state index contributed by atoms with van der Waals surface area (Å²) in [5.41, 5.74) is 0.927. The van der Waals surface area contributed by atoms with Crippen molar-refractivity contribution in [3.05, 3.63) is 47.9 Å². The lowest BCUT2D eigenvalue weighted by Gasteiger charge is -2.07. The van der Waals surface area contributed by atoms with Crippen LogP contribution in [0.1, 0.15) is 16.1 Å². The molecule has 0 aliphatic heterocycles. The molecule has 0 aliphatic rings. The number of hydrogen-bond donors (Lipinski definition) is 2. The molecule has 0 atom stereocenters.